The van der Waals surface area contributed by atoms with E-state index < -0.39 is 24.9 Å². The quantitative estimate of drug-likeness (QED) is 0.559. The minimum absolute atomic E-state index is 1.16. The molecule has 1 saturated heterocycles. The van der Waals surface area contributed by atoms with E-state index in [9.17, 15) is 0 Å². The Kier molecular flexibility index (Phi) is 3.72. The van der Waals surface area contributed by atoms with E-state index in [2.05, 4.69) is 47.7 Å². The van der Waals surface area contributed by atoms with Gasteiger partial charge in [-0.05, 0) is 13.1 Å². The van der Waals surface area contributed by atoms with Crippen LogP contribution in [0, 0.1) is 0 Å². The molecule has 6 heteroatoms. The number of hydrogen-bond donors (Lipinski definition) is 0. The third kappa shape index (κ3) is 2.71. The van der Waals surface area contributed by atoms with Crippen LogP contribution in [0.4, 0.5) is 0 Å². The minimum atomic E-state index is -1.27. The number of hydrogen-bond acceptors (Lipinski definition) is 2. The SMILES string of the molecule is C[Si](C)(C)N1CCN([Si](C)(C)C)[SiH]1Cl. The van der Waals surface area contributed by atoms with E-state index >= 15 is 0 Å². The van der Waals surface area contributed by atoms with Crippen molar-refractivity contribution in [2.45, 2.75) is 39.3 Å². The maximum atomic E-state index is 6.67. The molecule has 0 saturated carbocycles. The molecule has 1 aliphatic rings. The Balaban J connectivity index is 2.75. The van der Waals surface area contributed by atoms with Gasteiger partial charge in [0, 0.05) is 0 Å². The first-order valence-electron chi connectivity index (χ1n) is 5.31. The summed E-state index contributed by atoms with van der Waals surface area (Å²) < 4.78 is 5.32. The molecule has 14 heavy (non-hydrogen) atoms. The molecular formula is C8H23ClN2Si3. The summed E-state index contributed by atoms with van der Waals surface area (Å²) in [5, 5.41) is 0. The van der Waals surface area contributed by atoms with Crippen molar-refractivity contribution in [2.24, 2.45) is 0 Å². The number of rotatable bonds is 2. The molecule has 2 nitrogen and oxygen atoms in total. The summed E-state index contributed by atoms with van der Waals surface area (Å²) in [7, 11) is -3.60. The second-order valence-corrected chi connectivity index (χ2v) is 19.9. The van der Waals surface area contributed by atoms with Gasteiger partial charge in [0.25, 0.3) is 8.43 Å². The first-order valence-corrected chi connectivity index (χ1v) is 15.0. The topological polar surface area (TPSA) is 6.48 Å². The van der Waals surface area contributed by atoms with Crippen LogP contribution in [0.3, 0.4) is 0 Å². The summed E-state index contributed by atoms with van der Waals surface area (Å²) in [6.07, 6.45) is 0. The van der Waals surface area contributed by atoms with Crippen molar-refractivity contribution in [1.29, 1.82) is 0 Å². The van der Waals surface area contributed by atoms with E-state index in [0.717, 1.165) is 0 Å². The van der Waals surface area contributed by atoms with Gasteiger partial charge in [-0.2, -0.15) is 0 Å². The molecule has 0 aromatic rings. The van der Waals surface area contributed by atoms with Crippen LogP contribution in [0.2, 0.25) is 39.3 Å². The van der Waals surface area contributed by atoms with Gasteiger partial charge in [0.1, 0.15) is 16.5 Å². The molecule has 0 radical (unpaired) electrons. The Morgan fingerprint density at radius 2 is 1.14 bits per heavy atom. The Morgan fingerprint density at radius 3 is 1.29 bits per heavy atom. The van der Waals surface area contributed by atoms with Gasteiger partial charge in [0.05, 0.1) is 0 Å². The Bertz CT molecular complexity index is 190. The van der Waals surface area contributed by atoms with Gasteiger partial charge in [-0.3, -0.25) is 0 Å². The number of halogens is 1. The van der Waals surface area contributed by atoms with Crippen LogP contribution < -0.4 is 0 Å². The summed E-state index contributed by atoms with van der Waals surface area (Å²) in [5.74, 6) is 0. The van der Waals surface area contributed by atoms with Crippen LogP contribution in [0.25, 0.3) is 0 Å². The highest BCUT2D eigenvalue weighted by atomic mass is 35.6. The zero-order valence-electron chi connectivity index (χ0n) is 10.3. The normalized spacial score (nSPS) is 23.4. The lowest BCUT2D eigenvalue weighted by atomic mass is 10.7. The predicted octanol–water partition coefficient (Wildman–Crippen LogP) is 2.23. The molecule has 0 aliphatic carbocycles. The predicted molar refractivity (Wildman–Crippen MR) is 73.1 cm³/mol. The fourth-order valence-electron chi connectivity index (χ4n) is 1.91. The van der Waals surface area contributed by atoms with Gasteiger partial charge >= 0.3 is 0 Å². The maximum Gasteiger partial charge on any atom is 0.278 e. The highest BCUT2D eigenvalue weighted by molar-refractivity contribution is 7.12. The fraction of sp³-hybridized carbons (Fsp3) is 1.00. The summed E-state index contributed by atoms with van der Waals surface area (Å²) in [6, 6.07) is 0. The summed E-state index contributed by atoms with van der Waals surface area (Å²) in [5.41, 5.74) is 0. The Hall–Kier alpha value is 0.861. The molecular weight excluding hydrogens is 244 g/mol. The third-order valence-corrected chi connectivity index (χ3v) is 16.8. The Labute approximate surface area is 96.9 Å². The maximum absolute atomic E-state index is 6.67. The molecule has 0 atom stereocenters. The third-order valence-electron chi connectivity index (χ3n) is 2.82. The summed E-state index contributed by atoms with van der Waals surface area (Å²) in [4.78, 5) is 0. The molecule has 0 spiro atoms. The first-order chi connectivity index (χ1) is 6.14. The molecule has 1 rings (SSSR count). The summed E-state index contributed by atoms with van der Waals surface area (Å²) in [6.45, 7) is 16.9. The first kappa shape index (κ1) is 12.9. The second kappa shape index (κ2) is 4.03. The monoisotopic (exact) mass is 266 g/mol. The van der Waals surface area contributed by atoms with Crippen molar-refractivity contribution < 1.29 is 0 Å². The van der Waals surface area contributed by atoms with Crippen LogP contribution in [0.1, 0.15) is 0 Å². The van der Waals surface area contributed by atoms with Gasteiger partial charge in [0.15, 0.2) is 0 Å². The van der Waals surface area contributed by atoms with Crippen LogP contribution in [-0.2, 0) is 0 Å². The van der Waals surface area contributed by atoms with Crippen molar-refractivity contribution in [1.82, 2.24) is 8.46 Å². The zero-order valence-corrected chi connectivity index (χ0v) is 14.2. The van der Waals surface area contributed by atoms with Crippen molar-refractivity contribution in [2.75, 3.05) is 13.1 Å². The van der Waals surface area contributed by atoms with Crippen LogP contribution in [-0.4, -0.2) is 46.5 Å². The van der Waals surface area contributed by atoms with Gasteiger partial charge in [-0.15, -0.1) is 11.1 Å². The smallest absolute Gasteiger partial charge is 0.278 e. The van der Waals surface area contributed by atoms with Crippen LogP contribution in [0.15, 0.2) is 0 Å². The van der Waals surface area contributed by atoms with Crippen LogP contribution >= 0.6 is 11.1 Å². The van der Waals surface area contributed by atoms with Crippen molar-refractivity contribution >= 4 is 36.0 Å². The highest BCUT2D eigenvalue weighted by Gasteiger charge is 2.43. The molecule has 0 bridgehead atoms. The molecule has 0 N–H and O–H groups in total. The zero-order chi connectivity index (χ0) is 11.1. The fourth-order valence-corrected chi connectivity index (χ4v) is 16.6. The second-order valence-electron chi connectivity index (χ2n) is 6.04. The van der Waals surface area contributed by atoms with Gasteiger partial charge < -0.3 is 8.46 Å². The molecule has 0 aromatic carbocycles. The lowest BCUT2D eigenvalue weighted by Gasteiger charge is -2.37. The van der Waals surface area contributed by atoms with Gasteiger partial charge in [-0.1, -0.05) is 39.3 Å². The van der Waals surface area contributed by atoms with E-state index in [1.807, 2.05) is 0 Å². The largest absolute Gasteiger partial charge is 0.323 e. The van der Waals surface area contributed by atoms with Crippen molar-refractivity contribution in [3.8, 4) is 0 Å². The van der Waals surface area contributed by atoms with Gasteiger partial charge in [-0.25, -0.2) is 0 Å². The molecule has 0 amide bonds. The summed E-state index contributed by atoms with van der Waals surface area (Å²) >= 11 is 6.67. The minimum Gasteiger partial charge on any atom is -0.323 e. The highest BCUT2D eigenvalue weighted by Crippen LogP contribution is 2.26. The van der Waals surface area contributed by atoms with E-state index in [1.54, 1.807) is 0 Å². The molecule has 1 heterocycles. The van der Waals surface area contributed by atoms with E-state index in [0.29, 0.717) is 0 Å². The Morgan fingerprint density at radius 1 is 0.857 bits per heavy atom. The average molecular weight is 267 g/mol. The molecule has 1 aliphatic heterocycles. The van der Waals surface area contributed by atoms with Crippen molar-refractivity contribution in [3.63, 3.8) is 0 Å². The van der Waals surface area contributed by atoms with Crippen LogP contribution in [0.5, 0.6) is 0 Å². The molecule has 1 fully saturated rings. The number of nitrogens with zero attached hydrogens (tertiary/aromatic N) is 2. The van der Waals surface area contributed by atoms with Gasteiger partial charge in [0.2, 0.25) is 0 Å². The lowest BCUT2D eigenvalue weighted by Crippen LogP contribution is -2.57. The lowest BCUT2D eigenvalue weighted by molar-refractivity contribution is 0.654. The van der Waals surface area contributed by atoms with E-state index in [1.165, 1.54) is 13.1 Å². The standard InChI is InChI=1S/C8H23ClN2Si3/c1-13(2,3)10-7-8-11(12(10)9)14(4,5)6/h12H,7-8H2,1-6H3. The van der Waals surface area contributed by atoms with E-state index in [4.69, 9.17) is 11.1 Å². The average Bonchev–Trinajstić information content (AvgIpc) is 2.26. The molecule has 0 aromatic heterocycles. The molecule has 0 unspecified atom stereocenters. The molecule has 84 valence electrons. The van der Waals surface area contributed by atoms with Crippen molar-refractivity contribution in [3.05, 3.63) is 0 Å². The van der Waals surface area contributed by atoms with E-state index in [-0.39, 0.29) is 0 Å².